The monoisotopic (exact) mass is 285 g/mol. The highest BCUT2D eigenvalue weighted by molar-refractivity contribution is 7.90. The lowest BCUT2D eigenvalue weighted by molar-refractivity contribution is 0.561. The number of sulfone groups is 1. The van der Waals surface area contributed by atoms with Gasteiger partial charge in [-0.3, -0.25) is 0 Å². The van der Waals surface area contributed by atoms with Crippen LogP contribution in [0.5, 0.6) is 0 Å². The van der Waals surface area contributed by atoms with E-state index in [1.807, 2.05) is 24.6 Å². The second-order valence-electron chi connectivity index (χ2n) is 5.68. The lowest BCUT2D eigenvalue weighted by Gasteiger charge is -2.18. The number of hydrogen-bond donors (Lipinski definition) is 1. The molecule has 1 aromatic heterocycles. The zero-order chi connectivity index (χ0) is 14.0. The van der Waals surface area contributed by atoms with Gasteiger partial charge in [-0.1, -0.05) is 12.8 Å². The van der Waals surface area contributed by atoms with Gasteiger partial charge in [-0.2, -0.15) is 0 Å². The summed E-state index contributed by atoms with van der Waals surface area (Å²) in [6.07, 6.45) is 8.07. The summed E-state index contributed by atoms with van der Waals surface area (Å²) < 4.78 is 24.8. The number of imidazole rings is 1. The van der Waals surface area contributed by atoms with Crippen LogP contribution in [0.2, 0.25) is 0 Å². The number of anilines is 1. The molecule has 1 atom stereocenters. The molecule has 0 aromatic carbocycles. The Bertz CT molecular complexity index is 530. The van der Waals surface area contributed by atoms with Crippen molar-refractivity contribution in [3.05, 3.63) is 11.9 Å². The maximum absolute atomic E-state index is 11.4. The van der Waals surface area contributed by atoms with Gasteiger partial charge in [0.25, 0.3) is 0 Å². The predicted octanol–water partition coefficient (Wildman–Crippen LogP) is 2.15. The van der Waals surface area contributed by atoms with Gasteiger partial charge in [0.05, 0.1) is 11.4 Å². The fraction of sp³-hybridized carbons (Fsp3) is 0.769. The number of nitrogens with one attached hydrogen (secondary N) is 1. The highest BCUT2D eigenvalue weighted by Crippen LogP contribution is 2.24. The van der Waals surface area contributed by atoms with Crippen LogP contribution in [0.1, 0.15) is 44.3 Å². The molecule has 0 amide bonds. The molecular weight excluding hydrogens is 262 g/mol. The maximum Gasteiger partial charge on any atom is 0.203 e. The van der Waals surface area contributed by atoms with Gasteiger partial charge in [-0.05, 0) is 26.7 Å². The molecule has 19 heavy (non-hydrogen) atoms. The lowest BCUT2D eigenvalue weighted by atomic mass is 10.2. The van der Waals surface area contributed by atoms with Crippen LogP contribution in [-0.4, -0.2) is 36.0 Å². The van der Waals surface area contributed by atoms with Crippen LogP contribution in [0.15, 0.2) is 6.20 Å². The standard InChI is InChI=1S/C13H23N3O2S/c1-10-8-16(11(2)9-19(3,17)18)13(14-10)15-12-6-4-5-7-12/h8,11-12H,4-7,9H2,1-3H3,(H,14,15). The SMILES string of the molecule is Cc1cn(C(C)CS(C)(=O)=O)c(NC2CCCC2)n1. The maximum atomic E-state index is 11.4. The topological polar surface area (TPSA) is 64.0 Å². The largest absolute Gasteiger partial charge is 0.353 e. The van der Waals surface area contributed by atoms with Crippen molar-refractivity contribution in [2.45, 2.75) is 51.6 Å². The van der Waals surface area contributed by atoms with Crippen LogP contribution < -0.4 is 5.32 Å². The van der Waals surface area contributed by atoms with E-state index in [1.165, 1.54) is 31.9 Å². The quantitative estimate of drug-likeness (QED) is 0.900. The van der Waals surface area contributed by atoms with Crippen LogP contribution in [-0.2, 0) is 9.84 Å². The van der Waals surface area contributed by atoms with Crippen molar-refractivity contribution in [3.8, 4) is 0 Å². The lowest BCUT2D eigenvalue weighted by Crippen LogP contribution is -2.22. The summed E-state index contributed by atoms with van der Waals surface area (Å²) in [5.41, 5.74) is 0.917. The summed E-state index contributed by atoms with van der Waals surface area (Å²) >= 11 is 0. The van der Waals surface area contributed by atoms with Crippen LogP contribution in [0.4, 0.5) is 5.95 Å². The summed E-state index contributed by atoms with van der Waals surface area (Å²) in [4.78, 5) is 4.48. The van der Waals surface area contributed by atoms with E-state index in [-0.39, 0.29) is 11.8 Å². The molecule has 1 heterocycles. The summed E-state index contributed by atoms with van der Waals surface area (Å²) in [6.45, 7) is 3.85. The minimum atomic E-state index is -2.98. The van der Waals surface area contributed by atoms with Crippen molar-refractivity contribution < 1.29 is 8.42 Å². The highest BCUT2D eigenvalue weighted by atomic mass is 32.2. The van der Waals surface area contributed by atoms with Crippen LogP contribution in [0, 0.1) is 6.92 Å². The van der Waals surface area contributed by atoms with Gasteiger partial charge >= 0.3 is 0 Å². The normalized spacial score (nSPS) is 18.7. The molecule has 1 saturated carbocycles. The third-order valence-electron chi connectivity index (χ3n) is 3.56. The van der Waals surface area contributed by atoms with Crippen LogP contribution >= 0.6 is 0 Å². The Labute approximate surface area is 115 Å². The number of aromatic nitrogens is 2. The molecule has 1 fully saturated rings. The van der Waals surface area contributed by atoms with Gasteiger partial charge in [-0.15, -0.1) is 0 Å². The van der Waals surface area contributed by atoms with Crippen molar-refractivity contribution in [1.29, 1.82) is 0 Å². The van der Waals surface area contributed by atoms with Gasteiger partial charge in [0, 0.05) is 24.5 Å². The second-order valence-corrected chi connectivity index (χ2v) is 7.87. The minimum Gasteiger partial charge on any atom is -0.353 e. The molecule has 0 radical (unpaired) electrons. The molecule has 1 unspecified atom stereocenters. The Hall–Kier alpha value is -1.04. The number of nitrogens with zero attached hydrogens (tertiary/aromatic N) is 2. The van der Waals surface area contributed by atoms with E-state index in [4.69, 9.17) is 0 Å². The van der Waals surface area contributed by atoms with E-state index < -0.39 is 9.84 Å². The van der Waals surface area contributed by atoms with Gasteiger partial charge in [0.2, 0.25) is 5.95 Å². The summed E-state index contributed by atoms with van der Waals surface area (Å²) in [5, 5.41) is 3.45. The smallest absolute Gasteiger partial charge is 0.203 e. The Balaban J connectivity index is 2.15. The first-order valence-corrected chi connectivity index (χ1v) is 8.91. The van der Waals surface area contributed by atoms with Crippen LogP contribution in [0.25, 0.3) is 0 Å². The molecule has 0 aliphatic heterocycles. The van der Waals surface area contributed by atoms with E-state index in [9.17, 15) is 8.42 Å². The Morgan fingerprint density at radius 2 is 2.11 bits per heavy atom. The fourth-order valence-corrected chi connectivity index (χ4v) is 3.77. The Morgan fingerprint density at radius 1 is 1.47 bits per heavy atom. The van der Waals surface area contributed by atoms with Crippen molar-refractivity contribution in [2.24, 2.45) is 0 Å². The average molecular weight is 285 g/mol. The van der Waals surface area contributed by atoms with E-state index in [1.54, 1.807) is 0 Å². The van der Waals surface area contributed by atoms with Gasteiger partial charge in [-0.25, -0.2) is 13.4 Å². The molecule has 0 spiro atoms. The van der Waals surface area contributed by atoms with Gasteiger partial charge < -0.3 is 9.88 Å². The van der Waals surface area contributed by atoms with Crippen molar-refractivity contribution >= 4 is 15.8 Å². The van der Waals surface area contributed by atoms with Crippen molar-refractivity contribution in [2.75, 3.05) is 17.3 Å². The van der Waals surface area contributed by atoms with E-state index in [0.29, 0.717) is 6.04 Å². The molecular formula is C13H23N3O2S. The van der Waals surface area contributed by atoms with Gasteiger partial charge in [0.1, 0.15) is 9.84 Å². The molecule has 1 aliphatic carbocycles. The third kappa shape index (κ3) is 3.96. The van der Waals surface area contributed by atoms with Crippen LogP contribution in [0.3, 0.4) is 0 Å². The molecule has 5 nitrogen and oxygen atoms in total. The van der Waals surface area contributed by atoms with E-state index in [0.717, 1.165) is 11.6 Å². The van der Waals surface area contributed by atoms with Crippen molar-refractivity contribution in [3.63, 3.8) is 0 Å². The third-order valence-corrected chi connectivity index (χ3v) is 4.65. The first-order chi connectivity index (χ1) is 8.85. The highest BCUT2D eigenvalue weighted by Gasteiger charge is 2.20. The zero-order valence-corrected chi connectivity index (χ0v) is 12.7. The molecule has 2 rings (SSSR count). The average Bonchev–Trinajstić information content (AvgIpc) is 2.86. The molecule has 1 aromatic rings. The van der Waals surface area contributed by atoms with Crippen molar-refractivity contribution in [1.82, 2.24) is 9.55 Å². The first-order valence-electron chi connectivity index (χ1n) is 6.85. The second kappa shape index (κ2) is 5.53. The van der Waals surface area contributed by atoms with E-state index >= 15 is 0 Å². The molecule has 0 saturated heterocycles. The minimum absolute atomic E-state index is 0.0971. The molecule has 1 aliphatic rings. The zero-order valence-electron chi connectivity index (χ0n) is 11.9. The molecule has 6 heteroatoms. The first kappa shape index (κ1) is 14.4. The predicted molar refractivity (Wildman–Crippen MR) is 77.3 cm³/mol. The number of hydrogen-bond acceptors (Lipinski definition) is 4. The summed E-state index contributed by atoms with van der Waals surface area (Å²) in [7, 11) is -2.98. The van der Waals surface area contributed by atoms with E-state index in [2.05, 4.69) is 10.3 Å². The molecule has 1 N–H and O–H groups in total. The Kier molecular flexibility index (Phi) is 4.18. The fourth-order valence-electron chi connectivity index (χ4n) is 2.73. The molecule has 0 bridgehead atoms. The molecule has 108 valence electrons. The summed E-state index contributed by atoms with van der Waals surface area (Å²) in [6, 6.07) is 0.381. The number of rotatable bonds is 5. The summed E-state index contributed by atoms with van der Waals surface area (Å²) in [5.74, 6) is 0.947. The van der Waals surface area contributed by atoms with Gasteiger partial charge in [0.15, 0.2) is 0 Å². The Morgan fingerprint density at radius 3 is 2.68 bits per heavy atom. The number of aryl methyl sites for hydroxylation is 1.